The minimum absolute atomic E-state index is 0.0929. The standard InChI is InChI=1S/C24H26N4O2S/c1-15-6-7-20-17(10-15)21(28-13-18-19(14-28)24(18)25)11-23(26-20)27-8-9-31(29,30)22-5-3-2-4-16(22)12-27/h2-7,10-11,18-19,24H,8-9,12-14,25H2,1H3. The first-order valence-electron chi connectivity index (χ1n) is 10.9. The van der Waals surface area contributed by atoms with Gasteiger partial charge in [-0.2, -0.15) is 0 Å². The van der Waals surface area contributed by atoms with Crippen LogP contribution in [0, 0.1) is 18.8 Å². The molecule has 2 aromatic carbocycles. The Morgan fingerprint density at radius 1 is 1.03 bits per heavy atom. The fourth-order valence-electron chi connectivity index (χ4n) is 5.26. The highest BCUT2D eigenvalue weighted by atomic mass is 32.2. The number of aryl methyl sites for hydroxylation is 1. The number of aromatic nitrogens is 1. The fourth-order valence-corrected chi connectivity index (χ4v) is 6.76. The number of fused-ring (bicyclic) bond motifs is 3. The molecule has 2 N–H and O–H groups in total. The molecule has 160 valence electrons. The zero-order chi connectivity index (χ0) is 21.3. The Morgan fingerprint density at radius 2 is 1.81 bits per heavy atom. The Hall–Kier alpha value is -2.64. The number of benzene rings is 2. The van der Waals surface area contributed by atoms with Crippen LogP contribution < -0.4 is 15.5 Å². The highest BCUT2D eigenvalue weighted by Crippen LogP contribution is 2.47. The molecule has 2 fully saturated rings. The smallest absolute Gasteiger partial charge is 0.180 e. The van der Waals surface area contributed by atoms with Crippen molar-refractivity contribution in [2.75, 3.05) is 35.2 Å². The lowest BCUT2D eigenvalue weighted by Crippen LogP contribution is -2.30. The molecule has 7 heteroatoms. The highest BCUT2D eigenvalue weighted by Gasteiger charge is 2.53. The first-order valence-corrected chi connectivity index (χ1v) is 12.5. The van der Waals surface area contributed by atoms with Gasteiger partial charge >= 0.3 is 0 Å². The summed E-state index contributed by atoms with van der Waals surface area (Å²) < 4.78 is 25.6. The van der Waals surface area contributed by atoms with Gasteiger partial charge in [-0.15, -0.1) is 0 Å². The third kappa shape index (κ3) is 3.10. The van der Waals surface area contributed by atoms with Crippen molar-refractivity contribution in [3.05, 3.63) is 59.7 Å². The topological polar surface area (TPSA) is 79.5 Å². The number of nitrogens with two attached hydrogens (primary N) is 1. The van der Waals surface area contributed by atoms with Crippen LogP contribution in [0.4, 0.5) is 11.5 Å². The Balaban J connectivity index is 1.44. The van der Waals surface area contributed by atoms with Crippen LogP contribution in [0.5, 0.6) is 0 Å². The number of sulfone groups is 1. The van der Waals surface area contributed by atoms with E-state index in [1.807, 2.05) is 12.1 Å². The van der Waals surface area contributed by atoms with Gasteiger partial charge in [0.2, 0.25) is 0 Å². The first kappa shape index (κ1) is 19.1. The highest BCUT2D eigenvalue weighted by molar-refractivity contribution is 7.91. The molecule has 3 heterocycles. The van der Waals surface area contributed by atoms with Crippen LogP contribution in [-0.4, -0.2) is 44.8 Å². The normalized spacial score (nSPS) is 26.5. The minimum Gasteiger partial charge on any atom is -0.370 e. The van der Waals surface area contributed by atoms with E-state index in [9.17, 15) is 8.42 Å². The van der Waals surface area contributed by atoms with Crippen LogP contribution >= 0.6 is 0 Å². The van der Waals surface area contributed by atoms with E-state index >= 15 is 0 Å². The average Bonchev–Trinajstić information content (AvgIpc) is 3.18. The van der Waals surface area contributed by atoms with Crippen molar-refractivity contribution in [2.45, 2.75) is 24.4 Å². The fraction of sp³-hybridized carbons (Fsp3) is 0.375. The summed E-state index contributed by atoms with van der Waals surface area (Å²) >= 11 is 0. The molecule has 1 aliphatic carbocycles. The molecule has 31 heavy (non-hydrogen) atoms. The molecule has 3 aliphatic rings. The second-order valence-corrected chi connectivity index (χ2v) is 11.3. The molecule has 0 bridgehead atoms. The van der Waals surface area contributed by atoms with Crippen LogP contribution in [-0.2, 0) is 16.4 Å². The van der Waals surface area contributed by atoms with E-state index in [-0.39, 0.29) is 5.75 Å². The van der Waals surface area contributed by atoms with E-state index < -0.39 is 9.84 Å². The van der Waals surface area contributed by atoms with E-state index in [0.717, 1.165) is 35.4 Å². The Morgan fingerprint density at radius 3 is 2.61 bits per heavy atom. The van der Waals surface area contributed by atoms with Crippen molar-refractivity contribution in [1.29, 1.82) is 0 Å². The molecule has 0 amide bonds. The molecular weight excluding hydrogens is 408 g/mol. The van der Waals surface area contributed by atoms with Crippen molar-refractivity contribution in [3.8, 4) is 0 Å². The van der Waals surface area contributed by atoms with E-state index in [1.54, 1.807) is 12.1 Å². The van der Waals surface area contributed by atoms with Gasteiger partial charge in [-0.1, -0.05) is 29.8 Å². The summed E-state index contributed by atoms with van der Waals surface area (Å²) in [5.74, 6) is 2.11. The number of piperidine rings is 1. The molecule has 1 aromatic heterocycles. The maximum Gasteiger partial charge on any atom is 0.180 e. The summed E-state index contributed by atoms with van der Waals surface area (Å²) in [7, 11) is -3.29. The van der Waals surface area contributed by atoms with Crippen molar-refractivity contribution < 1.29 is 8.42 Å². The average molecular weight is 435 g/mol. The van der Waals surface area contributed by atoms with Crippen LogP contribution in [0.3, 0.4) is 0 Å². The predicted molar refractivity (Wildman–Crippen MR) is 123 cm³/mol. The lowest BCUT2D eigenvalue weighted by atomic mass is 10.1. The molecule has 1 saturated carbocycles. The molecule has 6 nitrogen and oxygen atoms in total. The number of pyridine rings is 1. The lowest BCUT2D eigenvalue weighted by Gasteiger charge is -2.27. The maximum absolute atomic E-state index is 12.8. The van der Waals surface area contributed by atoms with Gasteiger partial charge in [-0.3, -0.25) is 0 Å². The lowest BCUT2D eigenvalue weighted by molar-refractivity contribution is 0.596. The third-order valence-electron chi connectivity index (χ3n) is 7.15. The van der Waals surface area contributed by atoms with E-state index in [2.05, 4.69) is 41.0 Å². The van der Waals surface area contributed by atoms with Gasteiger partial charge in [-0.25, -0.2) is 13.4 Å². The van der Waals surface area contributed by atoms with Crippen molar-refractivity contribution in [3.63, 3.8) is 0 Å². The number of anilines is 2. The number of nitrogens with zero attached hydrogens (tertiary/aromatic N) is 3. The number of rotatable bonds is 2. The summed E-state index contributed by atoms with van der Waals surface area (Å²) in [4.78, 5) is 9.95. The molecular formula is C24H26N4O2S. The summed E-state index contributed by atoms with van der Waals surface area (Å²) in [6, 6.07) is 16.2. The molecule has 0 radical (unpaired) electrons. The molecule has 3 aromatic rings. The van der Waals surface area contributed by atoms with Gasteiger partial charge in [0, 0.05) is 49.4 Å². The number of hydrogen-bond donors (Lipinski definition) is 1. The van der Waals surface area contributed by atoms with Gasteiger partial charge in [0.1, 0.15) is 5.82 Å². The van der Waals surface area contributed by atoms with Crippen LogP contribution in [0.2, 0.25) is 0 Å². The minimum atomic E-state index is -3.29. The Bertz CT molecular complexity index is 1290. The molecule has 0 spiro atoms. The van der Waals surface area contributed by atoms with Crippen molar-refractivity contribution in [1.82, 2.24) is 4.98 Å². The monoisotopic (exact) mass is 434 g/mol. The van der Waals surface area contributed by atoms with Gasteiger partial charge < -0.3 is 15.5 Å². The zero-order valence-corrected chi connectivity index (χ0v) is 18.3. The van der Waals surface area contributed by atoms with E-state index in [0.29, 0.717) is 35.9 Å². The summed E-state index contributed by atoms with van der Waals surface area (Å²) in [6.07, 6.45) is 0. The van der Waals surface area contributed by atoms with E-state index in [1.165, 1.54) is 11.3 Å². The van der Waals surface area contributed by atoms with Gasteiger partial charge in [0.05, 0.1) is 16.2 Å². The zero-order valence-electron chi connectivity index (χ0n) is 17.5. The quantitative estimate of drug-likeness (QED) is 0.668. The second kappa shape index (κ2) is 6.68. The van der Waals surface area contributed by atoms with Gasteiger partial charge in [0.25, 0.3) is 0 Å². The molecule has 2 atom stereocenters. The van der Waals surface area contributed by atoms with Crippen molar-refractivity contribution in [2.24, 2.45) is 17.6 Å². The Kier molecular flexibility index (Phi) is 4.11. The van der Waals surface area contributed by atoms with Crippen LogP contribution in [0.15, 0.2) is 53.4 Å². The molecule has 6 rings (SSSR count). The first-order chi connectivity index (χ1) is 14.9. The number of hydrogen-bond acceptors (Lipinski definition) is 6. The largest absolute Gasteiger partial charge is 0.370 e. The molecule has 2 unspecified atom stereocenters. The Labute approximate surface area is 182 Å². The van der Waals surface area contributed by atoms with E-state index in [4.69, 9.17) is 10.7 Å². The second-order valence-electron chi connectivity index (χ2n) is 9.18. The predicted octanol–water partition coefficient (Wildman–Crippen LogP) is 2.73. The molecule has 2 aliphatic heterocycles. The van der Waals surface area contributed by atoms with Crippen LogP contribution in [0.25, 0.3) is 10.9 Å². The van der Waals surface area contributed by atoms with Crippen molar-refractivity contribution >= 4 is 32.2 Å². The summed E-state index contributed by atoms with van der Waals surface area (Å²) in [5.41, 5.74) is 10.4. The van der Waals surface area contributed by atoms with Crippen LogP contribution in [0.1, 0.15) is 11.1 Å². The molecule has 1 saturated heterocycles. The summed E-state index contributed by atoms with van der Waals surface area (Å²) in [6.45, 7) is 5.03. The SMILES string of the molecule is Cc1ccc2nc(N3CCS(=O)(=O)c4ccccc4C3)cc(N3CC4C(N)C4C3)c2c1. The third-order valence-corrected chi connectivity index (χ3v) is 8.94. The summed E-state index contributed by atoms with van der Waals surface area (Å²) in [5, 5.41) is 1.15. The maximum atomic E-state index is 12.8. The van der Waals surface area contributed by atoms with Gasteiger partial charge in [0.15, 0.2) is 9.84 Å². The van der Waals surface area contributed by atoms with Gasteiger partial charge in [-0.05, 0) is 42.5 Å².